The molecule has 1 N–H and O–H groups in total. The molecule has 2 amide bonds. The quantitative estimate of drug-likeness (QED) is 0.571. The van der Waals surface area contributed by atoms with Crippen LogP contribution in [-0.4, -0.2) is 41.6 Å². The van der Waals surface area contributed by atoms with Crippen molar-refractivity contribution >= 4 is 12.0 Å². The van der Waals surface area contributed by atoms with E-state index in [1.54, 1.807) is 0 Å². The molecule has 0 aromatic heterocycles. The molecule has 2 fully saturated rings. The summed E-state index contributed by atoms with van der Waals surface area (Å²) in [6.07, 6.45) is 10.1. The standard InChI is InChI=1S/C26H35N3O3/c1-19(20(2)15-23(17-27)28-22-11-7-4-8-12-22)13-14-25(30)29-24(18-32-26(29)31)16-21-9-5-3-6-10-21/h3,5-6,9-10,13-14,19-20,22-24,28H,4,7-8,11-12,15-16,18H2,1-2H3/b14-13+/t19-,20+,23?,24-/m0/s1. The van der Waals surface area contributed by atoms with E-state index in [9.17, 15) is 14.9 Å². The lowest BCUT2D eigenvalue weighted by molar-refractivity contribution is -0.124. The molecule has 0 bridgehead atoms. The van der Waals surface area contributed by atoms with E-state index in [1.165, 1.54) is 30.2 Å². The van der Waals surface area contributed by atoms with Crippen LogP contribution >= 0.6 is 0 Å². The molecule has 6 nitrogen and oxygen atoms in total. The van der Waals surface area contributed by atoms with E-state index < -0.39 is 6.09 Å². The van der Waals surface area contributed by atoms with Crippen molar-refractivity contribution in [1.29, 1.82) is 5.26 Å². The second-order valence-electron chi connectivity index (χ2n) is 9.24. The Morgan fingerprint density at radius 3 is 2.66 bits per heavy atom. The highest BCUT2D eigenvalue weighted by molar-refractivity contribution is 5.99. The SMILES string of the molecule is C[C@H](CC(C#N)NC1CCCCC1)[C@@H](C)/C=C/C(=O)N1C(=O)OC[C@@H]1Cc1ccccc1. The maximum atomic E-state index is 12.8. The van der Waals surface area contributed by atoms with Crippen molar-refractivity contribution < 1.29 is 14.3 Å². The van der Waals surface area contributed by atoms with Crippen molar-refractivity contribution in [2.24, 2.45) is 11.8 Å². The van der Waals surface area contributed by atoms with E-state index in [4.69, 9.17) is 4.74 Å². The van der Waals surface area contributed by atoms with Crippen molar-refractivity contribution in [2.45, 2.75) is 76.9 Å². The van der Waals surface area contributed by atoms with Gasteiger partial charge in [-0.1, -0.05) is 69.5 Å². The summed E-state index contributed by atoms with van der Waals surface area (Å²) in [4.78, 5) is 26.2. The van der Waals surface area contributed by atoms with Gasteiger partial charge in [0.25, 0.3) is 5.91 Å². The molecule has 32 heavy (non-hydrogen) atoms. The number of nitrogens with one attached hydrogen (secondary N) is 1. The number of cyclic esters (lactones) is 1. The Labute approximate surface area is 191 Å². The number of amides is 2. The van der Waals surface area contributed by atoms with Crippen LogP contribution in [0.1, 0.15) is 57.9 Å². The first-order valence-corrected chi connectivity index (χ1v) is 11.9. The number of rotatable bonds is 9. The van der Waals surface area contributed by atoms with Gasteiger partial charge in [-0.25, -0.2) is 9.69 Å². The molecule has 0 radical (unpaired) electrons. The molecule has 1 aromatic carbocycles. The Morgan fingerprint density at radius 2 is 1.97 bits per heavy atom. The molecule has 2 aliphatic rings. The van der Waals surface area contributed by atoms with Gasteiger partial charge in [0, 0.05) is 6.04 Å². The molecule has 4 atom stereocenters. The van der Waals surface area contributed by atoms with Crippen LogP contribution in [0.2, 0.25) is 0 Å². The number of nitrogens with zero attached hydrogens (tertiary/aromatic N) is 2. The Hall–Kier alpha value is -2.65. The number of nitriles is 1. The van der Waals surface area contributed by atoms with Gasteiger partial charge in [0.05, 0.1) is 18.2 Å². The van der Waals surface area contributed by atoms with E-state index in [2.05, 4.69) is 18.3 Å². The molecule has 1 aromatic rings. The first-order chi connectivity index (χ1) is 15.5. The zero-order valence-electron chi connectivity index (χ0n) is 19.2. The largest absolute Gasteiger partial charge is 0.447 e. The molecule has 172 valence electrons. The molecule has 3 rings (SSSR count). The molecule has 1 heterocycles. The van der Waals surface area contributed by atoms with Crippen LogP contribution in [0, 0.1) is 23.2 Å². The minimum Gasteiger partial charge on any atom is -0.447 e. The minimum atomic E-state index is -0.581. The van der Waals surface area contributed by atoms with E-state index in [0.717, 1.165) is 24.8 Å². The fraction of sp³-hybridized carbons (Fsp3) is 0.577. The molecule has 6 heteroatoms. The number of carbonyl (C=O) groups is 2. The molecular weight excluding hydrogens is 402 g/mol. The number of hydrogen-bond donors (Lipinski definition) is 1. The maximum absolute atomic E-state index is 12.8. The van der Waals surface area contributed by atoms with Crippen LogP contribution in [-0.2, 0) is 16.0 Å². The van der Waals surface area contributed by atoms with Crippen LogP contribution in [0.3, 0.4) is 0 Å². The maximum Gasteiger partial charge on any atom is 0.417 e. The summed E-state index contributed by atoms with van der Waals surface area (Å²) in [5, 5.41) is 13.1. The van der Waals surface area contributed by atoms with Gasteiger partial charge in [-0.05, 0) is 49.2 Å². The van der Waals surface area contributed by atoms with E-state index in [1.807, 2.05) is 43.3 Å². The van der Waals surface area contributed by atoms with Crippen molar-refractivity contribution in [3.05, 3.63) is 48.0 Å². The van der Waals surface area contributed by atoms with E-state index in [0.29, 0.717) is 12.5 Å². The normalized spacial score (nSPS) is 22.3. The Balaban J connectivity index is 1.53. The highest BCUT2D eigenvalue weighted by Gasteiger charge is 2.36. The predicted molar refractivity (Wildman–Crippen MR) is 124 cm³/mol. The molecule has 1 saturated carbocycles. The van der Waals surface area contributed by atoms with E-state index >= 15 is 0 Å². The van der Waals surface area contributed by atoms with Gasteiger partial charge in [0.1, 0.15) is 6.61 Å². The third-order valence-electron chi connectivity index (χ3n) is 6.76. The second kappa shape index (κ2) is 11.8. The zero-order chi connectivity index (χ0) is 22.9. The second-order valence-corrected chi connectivity index (χ2v) is 9.24. The van der Waals surface area contributed by atoms with Crippen molar-refractivity contribution in [1.82, 2.24) is 10.2 Å². The minimum absolute atomic E-state index is 0.106. The van der Waals surface area contributed by atoms with Gasteiger partial charge in [-0.2, -0.15) is 5.26 Å². The Bertz CT molecular complexity index is 826. The number of allylic oxidation sites excluding steroid dienone is 1. The topological polar surface area (TPSA) is 82.4 Å². The van der Waals surface area contributed by atoms with Gasteiger partial charge in [-0.3, -0.25) is 10.1 Å². The van der Waals surface area contributed by atoms with Gasteiger partial charge in [0.15, 0.2) is 0 Å². The summed E-state index contributed by atoms with van der Waals surface area (Å²) in [6.45, 7) is 4.37. The van der Waals surface area contributed by atoms with Gasteiger partial charge in [0.2, 0.25) is 0 Å². The molecule has 1 aliphatic heterocycles. The summed E-state index contributed by atoms with van der Waals surface area (Å²) in [5.41, 5.74) is 1.06. The van der Waals surface area contributed by atoms with Gasteiger partial charge < -0.3 is 4.74 Å². The third-order valence-corrected chi connectivity index (χ3v) is 6.76. The van der Waals surface area contributed by atoms with E-state index in [-0.39, 0.29) is 36.4 Å². The third kappa shape index (κ3) is 6.67. The lowest BCUT2D eigenvalue weighted by Crippen LogP contribution is -2.40. The summed E-state index contributed by atoms with van der Waals surface area (Å²) in [7, 11) is 0. The number of imide groups is 1. The van der Waals surface area contributed by atoms with Crippen LogP contribution in [0.15, 0.2) is 42.5 Å². The number of ether oxygens (including phenoxy) is 1. The zero-order valence-corrected chi connectivity index (χ0v) is 19.2. The van der Waals surface area contributed by atoms with Crippen LogP contribution in [0.25, 0.3) is 0 Å². The average Bonchev–Trinajstić information content (AvgIpc) is 3.17. The first-order valence-electron chi connectivity index (χ1n) is 11.9. The molecule has 1 aliphatic carbocycles. The van der Waals surface area contributed by atoms with Crippen molar-refractivity contribution in [2.75, 3.05) is 6.61 Å². The monoisotopic (exact) mass is 437 g/mol. The van der Waals surface area contributed by atoms with Gasteiger partial charge >= 0.3 is 6.09 Å². The highest BCUT2D eigenvalue weighted by atomic mass is 16.6. The smallest absolute Gasteiger partial charge is 0.417 e. The molecule has 1 unspecified atom stereocenters. The lowest BCUT2D eigenvalue weighted by Gasteiger charge is -2.27. The highest BCUT2D eigenvalue weighted by Crippen LogP contribution is 2.23. The van der Waals surface area contributed by atoms with Crippen molar-refractivity contribution in [3.8, 4) is 6.07 Å². The lowest BCUT2D eigenvalue weighted by atomic mass is 9.88. The number of carbonyl (C=O) groups excluding carboxylic acids is 2. The first kappa shape index (κ1) is 24.0. The summed E-state index contributed by atoms with van der Waals surface area (Å²) >= 11 is 0. The average molecular weight is 438 g/mol. The Kier molecular flexibility index (Phi) is 8.87. The van der Waals surface area contributed by atoms with Crippen molar-refractivity contribution in [3.63, 3.8) is 0 Å². The number of benzene rings is 1. The Morgan fingerprint density at radius 1 is 1.25 bits per heavy atom. The molecule has 0 spiro atoms. The number of hydrogen-bond acceptors (Lipinski definition) is 5. The molecule has 1 saturated heterocycles. The van der Waals surface area contributed by atoms with Crippen LogP contribution < -0.4 is 5.32 Å². The summed E-state index contributed by atoms with van der Waals surface area (Å²) in [5.74, 6) is -0.00997. The van der Waals surface area contributed by atoms with Crippen LogP contribution in [0.4, 0.5) is 4.79 Å². The summed E-state index contributed by atoms with van der Waals surface area (Å²) < 4.78 is 5.15. The fourth-order valence-corrected chi connectivity index (χ4v) is 4.57. The van der Waals surface area contributed by atoms with Gasteiger partial charge in [-0.15, -0.1) is 0 Å². The van der Waals surface area contributed by atoms with Crippen LogP contribution in [0.5, 0.6) is 0 Å². The fourth-order valence-electron chi connectivity index (χ4n) is 4.57. The summed E-state index contributed by atoms with van der Waals surface area (Å²) in [6, 6.07) is 12.2. The predicted octanol–water partition coefficient (Wildman–Crippen LogP) is 4.61. The molecular formula is C26H35N3O3.